The Bertz CT molecular complexity index is 1160. The van der Waals surface area contributed by atoms with E-state index >= 15 is 0 Å². The molecule has 30 heavy (non-hydrogen) atoms. The van der Waals surface area contributed by atoms with Crippen LogP contribution in [-0.4, -0.2) is 25.7 Å². The van der Waals surface area contributed by atoms with E-state index in [1.54, 1.807) is 12.4 Å². The standard InChI is InChI=1S/C22H23N5O2S/c1-14(2)27-22-16(10-24-27)8-17(11-23-22)25-20(28)9-18-13-30-21(26-18)12-29-19-6-4-15(3)5-7-19/h4-8,10-11,13-14H,9,12H2,1-3H3,(H,25,28). The van der Waals surface area contributed by atoms with Crippen molar-refractivity contribution in [2.75, 3.05) is 5.32 Å². The SMILES string of the molecule is Cc1ccc(OCc2nc(CC(=O)Nc3cnc4c(cnn4C(C)C)c3)cs2)cc1. The van der Waals surface area contributed by atoms with Crippen LogP contribution in [0.3, 0.4) is 0 Å². The van der Waals surface area contributed by atoms with Gasteiger partial charge in [0, 0.05) is 16.8 Å². The number of nitrogens with one attached hydrogen (secondary N) is 1. The van der Waals surface area contributed by atoms with Crippen LogP contribution in [0.2, 0.25) is 0 Å². The average molecular weight is 422 g/mol. The van der Waals surface area contributed by atoms with Crippen molar-refractivity contribution in [1.29, 1.82) is 0 Å². The van der Waals surface area contributed by atoms with E-state index in [-0.39, 0.29) is 18.4 Å². The Morgan fingerprint density at radius 2 is 2.03 bits per heavy atom. The zero-order valence-corrected chi connectivity index (χ0v) is 17.9. The van der Waals surface area contributed by atoms with Gasteiger partial charge >= 0.3 is 0 Å². The molecule has 0 fully saturated rings. The highest BCUT2D eigenvalue weighted by molar-refractivity contribution is 7.09. The van der Waals surface area contributed by atoms with Crippen LogP contribution in [0, 0.1) is 6.92 Å². The number of benzene rings is 1. The summed E-state index contributed by atoms with van der Waals surface area (Å²) in [4.78, 5) is 21.4. The monoisotopic (exact) mass is 421 g/mol. The second-order valence-electron chi connectivity index (χ2n) is 7.38. The molecule has 0 atom stereocenters. The van der Waals surface area contributed by atoms with Crippen molar-refractivity contribution in [2.24, 2.45) is 0 Å². The third kappa shape index (κ3) is 4.65. The quantitative estimate of drug-likeness (QED) is 0.474. The van der Waals surface area contributed by atoms with Crippen LogP contribution < -0.4 is 10.1 Å². The summed E-state index contributed by atoms with van der Waals surface area (Å²) in [5, 5.41) is 10.9. The van der Waals surface area contributed by atoms with Gasteiger partial charge < -0.3 is 10.1 Å². The number of rotatable bonds is 7. The fourth-order valence-corrected chi connectivity index (χ4v) is 3.74. The summed E-state index contributed by atoms with van der Waals surface area (Å²) in [6, 6.07) is 10.00. The van der Waals surface area contributed by atoms with Gasteiger partial charge in [0.15, 0.2) is 5.65 Å². The van der Waals surface area contributed by atoms with E-state index in [4.69, 9.17) is 4.74 Å². The van der Waals surface area contributed by atoms with E-state index in [1.807, 2.05) is 47.3 Å². The number of thiazole rings is 1. The molecule has 4 aromatic rings. The minimum absolute atomic E-state index is 0.135. The summed E-state index contributed by atoms with van der Waals surface area (Å²) in [5.74, 6) is 0.669. The summed E-state index contributed by atoms with van der Waals surface area (Å²) in [7, 11) is 0. The summed E-state index contributed by atoms with van der Waals surface area (Å²) in [6.45, 7) is 6.53. The molecule has 3 heterocycles. The van der Waals surface area contributed by atoms with Gasteiger partial charge in [0.05, 0.1) is 30.2 Å². The van der Waals surface area contributed by atoms with Gasteiger partial charge in [-0.25, -0.2) is 14.6 Å². The first-order valence-electron chi connectivity index (χ1n) is 9.74. The molecule has 0 saturated carbocycles. The van der Waals surface area contributed by atoms with Gasteiger partial charge in [-0.1, -0.05) is 17.7 Å². The van der Waals surface area contributed by atoms with Crippen molar-refractivity contribution in [2.45, 2.75) is 39.8 Å². The number of hydrogen-bond acceptors (Lipinski definition) is 6. The normalized spacial score (nSPS) is 11.2. The molecule has 0 saturated heterocycles. The maximum Gasteiger partial charge on any atom is 0.230 e. The van der Waals surface area contributed by atoms with Crippen LogP contribution >= 0.6 is 11.3 Å². The van der Waals surface area contributed by atoms with Crippen LogP contribution in [0.4, 0.5) is 5.69 Å². The number of nitrogens with zero attached hydrogens (tertiary/aromatic N) is 4. The van der Waals surface area contributed by atoms with Crippen molar-refractivity contribution in [1.82, 2.24) is 19.7 Å². The van der Waals surface area contributed by atoms with Crippen LogP contribution in [-0.2, 0) is 17.8 Å². The molecule has 0 aliphatic carbocycles. The highest BCUT2D eigenvalue weighted by Crippen LogP contribution is 2.20. The van der Waals surface area contributed by atoms with Gasteiger partial charge in [-0.3, -0.25) is 4.79 Å². The van der Waals surface area contributed by atoms with Gasteiger partial charge in [-0.15, -0.1) is 11.3 Å². The van der Waals surface area contributed by atoms with Crippen LogP contribution in [0.1, 0.15) is 36.2 Å². The van der Waals surface area contributed by atoms with Crippen molar-refractivity contribution >= 4 is 34.0 Å². The lowest BCUT2D eigenvalue weighted by atomic mass is 10.2. The molecule has 1 amide bonds. The molecule has 1 N–H and O–H groups in total. The second-order valence-corrected chi connectivity index (χ2v) is 8.32. The third-order valence-corrected chi connectivity index (χ3v) is 5.40. The molecule has 0 aliphatic heterocycles. The van der Waals surface area contributed by atoms with Crippen LogP contribution in [0.25, 0.3) is 11.0 Å². The zero-order valence-electron chi connectivity index (χ0n) is 17.1. The number of anilines is 1. The average Bonchev–Trinajstić information content (AvgIpc) is 3.34. The Morgan fingerprint density at radius 1 is 1.23 bits per heavy atom. The molecule has 3 aromatic heterocycles. The molecule has 154 valence electrons. The Morgan fingerprint density at radius 3 is 2.80 bits per heavy atom. The Hall–Kier alpha value is -3.26. The minimum atomic E-state index is -0.135. The summed E-state index contributed by atoms with van der Waals surface area (Å²) < 4.78 is 7.61. The van der Waals surface area contributed by atoms with Gasteiger partial charge in [0.1, 0.15) is 17.4 Å². The lowest BCUT2D eigenvalue weighted by molar-refractivity contribution is -0.115. The molecule has 4 rings (SSSR count). The number of carbonyl (C=O) groups is 1. The number of amides is 1. The van der Waals surface area contributed by atoms with E-state index < -0.39 is 0 Å². The number of aromatic nitrogens is 4. The first-order chi connectivity index (χ1) is 14.5. The van der Waals surface area contributed by atoms with Crippen LogP contribution in [0.5, 0.6) is 5.75 Å². The van der Waals surface area contributed by atoms with Crippen LogP contribution in [0.15, 0.2) is 48.1 Å². The largest absolute Gasteiger partial charge is 0.486 e. The molecule has 1 aromatic carbocycles. The summed E-state index contributed by atoms with van der Waals surface area (Å²) >= 11 is 1.49. The molecule has 8 heteroatoms. The third-order valence-electron chi connectivity index (χ3n) is 4.53. The van der Waals surface area contributed by atoms with Gasteiger partial charge in [0.2, 0.25) is 5.91 Å². The van der Waals surface area contributed by atoms with Crippen molar-refractivity contribution in [3.63, 3.8) is 0 Å². The molecular weight excluding hydrogens is 398 g/mol. The molecule has 0 bridgehead atoms. The van der Waals surface area contributed by atoms with E-state index in [2.05, 4.69) is 34.2 Å². The first kappa shape index (κ1) is 20.0. The van der Waals surface area contributed by atoms with E-state index in [0.717, 1.165) is 27.5 Å². The maximum atomic E-state index is 12.4. The number of hydrogen-bond donors (Lipinski definition) is 1. The topological polar surface area (TPSA) is 81.9 Å². The number of ether oxygens (including phenoxy) is 1. The molecule has 7 nitrogen and oxygen atoms in total. The number of carbonyl (C=O) groups excluding carboxylic acids is 1. The fourth-order valence-electron chi connectivity index (χ4n) is 3.03. The van der Waals surface area contributed by atoms with E-state index in [1.165, 1.54) is 16.9 Å². The number of aryl methyl sites for hydroxylation is 1. The van der Waals surface area contributed by atoms with Gasteiger partial charge in [0.25, 0.3) is 0 Å². The van der Waals surface area contributed by atoms with E-state index in [9.17, 15) is 4.79 Å². The molecule has 0 aliphatic rings. The lowest BCUT2D eigenvalue weighted by Crippen LogP contribution is -2.15. The second kappa shape index (κ2) is 8.62. The molecule has 0 spiro atoms. The van der Waals surface area contributed by atoms with Crippen molar-refractivity contribution < 1.29 is 9.53 Å². The van der Waals surface area contributed by atoms with Crippen molar-refractivity contribution in [3.8, 4) is 5.75 Å². The van der Waals surface area contributed by atoms with Gasteiger partial charge in [-0.05, 0) is 39.0 Å². The minimum Gasteiger partial charge on any atom is -0.486 e. The molecule has 0 unspecified atom stereocenters. The zero-order chi connectivity index (χ0) is 21.1. The van der Waals surface area contributed by atoms with Crippen molar-refractivity contribution in [3.05, 3.63) is 64.4 Å². The maximum absolute atomic E-state index is 12.4. The predicted octanol–water partition coefficient (Wildman–Crippen LogP) is 4.54. The summed E-state index contributed by atoms with van der Waals surface area (Å²) in [6.07, 6.45) is 3.62. The Kier molecular flexibility index (Phi) is 5.76. The lowest BCUT2D eigenvalue weighted by Gasteiger charge is -2.07. The molecule has 0 radical (unpaired) electrons. The van der Waals surface area contributed by atoms with E-state index in [0.29, 0.717) is 12.3 Å². The fraction of sp³-hybridized carbons (Fsp3) is 0.273. The Labute approximate surface area is 178 Å². The molecular formula is C22H23N5O2S. The highest BCUT2D eigenvalue weighted by Gasteiger charge is 2.11. The first-order valence-corrected chi connectivity index (χ1v) is 10.6. The number of pyridine rings is 1. The highest BCUT2D eigenvalue weighted by atomic mass is 32.1. The summed E-state index contributed by atoms with van der Waals surface area (Å²) in [5.41, 5.74) is 3.37. The number of fused-ring (bicyclic) bond motifs is 1. The Balaban J connectivity index is 1.34. The predicted molar refractivity (Wildman–Crippen MR) is 118 cm³/mol. The van der Waals surface area contributed by atoms with Gasteiger partial charge in [-0.2, -0.15) is 5.10 Å². The smallest absolute Gasteiger partial charge is 0.230 e.